The minimum atomic E-state index is 0.463. The lowest BCUT2D eigenvalue weighted by Gasteiger charge is -2.16. The van der Waals surface area contributed by atoms with Crippen molar-refractivity contribution in [1.82, 2.24) is 5.32 Å². The van der Waals surface area contributed by atoms with Crippen molar-refractivity contribution in [2.24, 2.45) is 5.92 Å². The van der Waals surface area contributed by atoms with E-state index in [0.29, 0.717) is 12.0 Å². The first-order valence-electron chi connectivity index (χ1n) is 7.09. The molecule has 0 fully saturated rings. The van der Waals surface area contributed by atoms with Crippen molar-refractivity contribution in [1.29, 1.82) is 0 Å². The van der Waals surface area contributed by atoms with Gasteiger partial charge in [0.25, 0.3) is 0 Å². The summed E-state index contributed by atoms with van der Waals surface area (Å²) in [6.45, 7) is 10.2. The van der Waals surface area contributed by atoms with Crippen molar-refractivity contribution in [3.63, 3.8) is 0 Å². The highest BCUT2D eigenvalue weighted by atomic mass is 16.5. The molecule has 0 aromatic heterocycles. The highest BCUT2D eigenvalue weighted by Crippen LogP contribution is 2.25. The summed E-state index contributed by atoms with van der Waals surface area (Å²) in [5.74, 6) is 2.33. The van der Waals surface area contributed by atoms with Crippen LogP contribution in [-0.4, -0.2) is 19.8 Å². The molecule has 1 unspecified atom stereocenters. The molecule has 3 heteroatoms. The molecule has 1 atom stereocenters. The number of nitrogens with one attached hydrogen (secondary N) is 1. The largest absolute Gasteiger partial charge is 0.497 e. The maximum atomic E-state index is 5.94. The van der Waals surface area contributed by atoms with E-state index in [1.165, 1.54) is 5.56 Å². The van der Waals surface area contributed by atoms with Gasteiger partial charge in [-0.3, -0.25) is 0 Å². The van der Waals surface area contributed by atoms with Gasteiger partial charge in [-0.05, 0) is 12.0 Å². The molecule has 0 saturated heterocycles. The van der Waals surface area contributed by atoms with Gasteiger partial charge in [0, 0.05) is 24.2 Å². The van der Waals surface area contributed by atoms with Crippen LogP contribution in [0, 0.1) is 5.92 Å². The zero-order chi connectivity index (χ0) is 14.3. The molecular formula is C16H27NO2. The van der Waals surface area contributed by atoms with Gasteiger partial charge in [-0.2, -0.15) is 0 Å². The van der Waals surface area contributed by atoms with Crippen molar-refractivity contribution in [3.8, 4) is 11.5 Å². The number of hydrogen-bond donors (Lipinski definition) is 1. The van der Waals surface area contributed by atoms with E-state index in [0.717, 1.165) is 31.1 Å². The lowest BCUT2D eigenvalue weighted by Crippen LogP contribution is -2.22. The van der Waals surface area contributed by atoms with E-state index in [4.69, 9.17) is 9.47 Å². The maximum Gasteiger partial charge on any atom is 0.127 e. The first-order chi connectivity index (χ1) is 9.06. The van der Waals surface area contributed by atoms with Crippen LogP contribution in [0.3, 0.4) is 0 Å². The Morgan fingerprint density at radius 3 is 2.53 bits per heavy atom. The third-order valence-corrected chi connectivity index (χ3v) is 3.20. The highest BCUT2D eigenvalue weighted by molar-refractivity contribution is 5.40. The van der Waals surface area contributed by atoms with Crippen molar-refractivity contribution in [3.05, 3.63) is 23.8 Å². The van der Waals surface area contributed by atoms with Crippen LogP contribution in [-0.2, 0) is 6.54 Å². The van der Waals surface area contributed by atoms with Crippen LogP contribution < -0.4 is 14.8 Å². The monoisotopic (exact) mass is 265 g/mol. The van der Waals surface area contributed by atoms with Crippen LogP contribution in [0.2, 0.25) is 0 Å². The van der Waals surface area contributed by atoms with Gasteiger partial charge in [-0.1, -0.05) is 40.2 Å². The van der Waals surface area contributed by atoms with Crippen LogP contribution in [0.4, 0.5) is 0 Å². The van der Waals surface area contributed by atoms with E-state index in [1.54, 1.807) is 7.11 Å². The average Bonchev–Trinajstić information content (AvgIpc) is 2.42. The third-order valence-electron chi connectivity index (χ3n) is 3.20. The molecule has 1 rings (SSSR count). The molecule has 0 bridgehead atoms. The second kappa shape index (κ2) is 8.05. The molecule has 0 spiro atoms. The summed E-state index contributed by atoms with van der Waals surface area (Å²) < 4.78 is 11.2. The number of hydrogen-bond acceptors (Lipinski definition) is 3. The number of rotatable bonds is 8. The second-order valence-corrected chi connectivity index (χ2v) is 5.33. The van der Waals surface area contributed by atoms with Gasteiger partial charge in [0.05, 0.1) is 13.7 Å². The SMILES string of the molecule is CCC(C)COc1cc(OC)ccc1CNC(C)C. The van der Waals surface area contributed by atoms with Crippen LogP contribution in [0.1, 0.15) is 39.7 Å². The minimum absolute atomic E-state index is 0.463. The standard InChI is InChI=1S/C16H27NO2/c1-6-13(4)11-19-16-9-15(18-5)8-7-14(16)10-17-12(2)3/h7-9,12-13,17H,6,10-11H2,1-5H3. The van der Waals surface area contributed by atoms with Gasteiger partial charge >= 0.3 is 0 Å². The van der Waals surface area contributed by atoms with Crippen LogP contribution in [0.15, 0.2) is 18.2 Å². The Labute approximate surface area is 117 Å². The summed E-state index contributed by atoms with van der Waals surface area (Å²) in [4.78, 5) is 0. The normalized spacial score (nSPS) is 12.5. The lowest BCUT2D eigenvalue weighted by molar-refractivity contribution is 0.252. The summed E-state index contributed by atoms with van der Waals surface area (Å²) in [7, 11) is 1.68. The molecule has 0 aliphatic heterocycles. The summed E-state index contributed by atoms with van der Waals surface area (Å²) in [6.07, 6.45) is 1.13. The maximum absolute atomic E-state index is 5.94. The van der Waals surface area contributed by atoms with E-state index in [1.807, 2.05) is 12.1 Å². The van der Waals surface area contributed by atoms with E-state index in [2.05, 4.69) is 39.1 Å². The molecule has 108 valence electrons. The molecule has 0 aliphatic rings. The van der Waals surface area contributed by atoms with E-state index < -0.39 is 0 Å². The van der Waals surface area contributed by atoms with E-state index >= 15 is 0 Å². The predicted molar refractivity (Wildman–Crippen MR) is 79.9 cm³/mol. The van der Waals surface area contributed by atoms with Gasteiger partial charge < -0.3 is 14.8 Å². The molecule has 0 radical (unpaired) electrons. The first-order valence-corrected chi connectivity index (χ1v) is 7.09. The second-order valence-electron chi connectivity index (χ2n) is 5.33. The number of benzene rings is 1. The van der Waals surface area contributed by atoms with Gasteiger partial charge in [-0.25, -0.2) is 0 Å². The fourth-order valence-electron chi connectivity index (χ4n) is 1.61. The Kier molecular flexibility index (Phi) is 6.71. The van der Waals surface area contributed by atoms with Crippen LogP contribution in [0.5, 0.6) is 11.5 Å². The molecule has 1 N–H and O–H groups in total. The summed E-state index contributed by atoms with van der Waals surface area (Å²) in [5.41, 5.74) is 1.18. The van der Waals surface area contributed by atoms with Crippen molar-refractivity contribution >= 4 is 0 Å². The lowest BCUT2D eigenvalue weighted by atomic mass is 10.1. The molecule has 0 saturated carbocycles. The fraction of sp³-hybridized carbons (Fsp3) is 0.625. The topological polar surface area (TPSA) is 30.5 Å². The molecule has 3 nitrogen and oxygen atoms in total. The Hall–Kier alpha value is -1.22. The van der Waals surface area contributed by atoms with Gasteiger partial charge in [0.2, 0.25) is 0 Å². The molecule has 1 aromatic rings. The molecular weight excluding hydrogens is 238 g/mol. The molecule has 0 heterocycles. The van der Waals surface area contributed by atoms with Gasteiger partial charge in [0.1, 0.15) is 11.5 Å². The summed E-state index contributed by atoms with van der Waals surface area (Å²) in [6, 6.07) is 6.48. The zero-order valence-corrected chi connectivity index (χ0v) is 12.8. The van der Waals surface area contributed by atoms with E-state index in [-0.39, 0.29) is 0 Å². The smallest absolute Gasteiger partial charge is 0.127 e. The Morgan fingerprint density at radius 2 is 1.95 bits per heavy atom. The van der Waals surface area contributed by atoms with Crippen LogP contribution in [0.25, 0.3) is 0 Å². The van der Waals surface area contributed by atoms with Gasteiger partial charge in [0.15, 0.2) is 0 Å². The summed E-state index contributed by atoms with van der Waals surface area (Å²) in [5, 5.41) is 3.42. The zero-order valence-electron chi connectivity index (χ0n) is 12.8. The number of methoxy groups -OCH3 is 1. The Morgan fingerprint density at radius 1 is 1.21 bits per heavy atom. The van der Waals surface area contributed by atoms with Crippen molar-refractivity contribution in [2.75, 3.05) is 13.7 Å². The third kappa shape index (κ3) is 5.52. The molecule has 1 aromatic carbocycles. The summed E-state index contributed by atoms with van der Waals surface area (Å²) >= 11 is 0. The number of ether oxygens (including phenoxy) is 2. The van der Waals surface area contributed by atoms with Crippen LogP contribution >= 0.6 is 0 Å². The van der Waals surface area contributed by atoms with Gasteiger partial charge in [-0.15, -0.1) is 0 Å². The van der Waals surface area contributed by atoms with E-state index in [9.17, 15) is 0 Å². The first kappa shape index (κ1) is 15.8. The Bertz CT molecular complexity index is 377. The Balaban J connectivity index is 2.76. The van der Waals surface area contributed by atoms with Crippen molar-refractivity contribution in [2.45, 2.75) is 46.7 Å². The fourth-order valence-corrected chi connectivity index (χ4v) is 1.61. The minimum Gasteiger partial charge on any atom is -0.497 e. The molecule has 19 heavy (non-hydrogen) atoms. The highest BCUT2D eigenvalue weighted by Gasteiger charge is 2.08. The molecule has 0 amide bonds. The quantitative estimate of drug-likeness (QED) is 0.778. The van der Waals surface area contributed by atoms with Crippen molar-refractivity contribution < 1.29 is 9.47 Å². The average molecular weight is 265 g/mol. The molecule has 0 aliphatic carbocycles. The predicted octanol–water partition coefficient (Wildman–Crippen LogP) is 3.62.